The molecule has 1 saturated heterocycles. The number of fused-ring (bicyclic) bond motifs is 1. The Morgan fingerprint density at radius 3 is 2.81 bits per heavy atom. The SMILES string of the molecule is CC(CNc1ccc(N)c2ccncc12)N1CCCCC1. The predicted octanol–water partition coefficient (Wildman–Crippen LogP) is 3.10. The Kier molecular flexibility index (Phi) is 4.25. The lowest BCUT2D eigenvalue weighted by molar-refractivity contribution is 0.180. The minimum absolute atomic E-state index is 0.551. The van der Waals surface area contributed by atoms with E-state index in [2.05, 4.69) is 28.2 Å². The summed E-state index contributed by atoms with van der Waals surface area (Å²) in [4.78, 5) is 6.80. The van der Waals surface area contributed by atoms with E-state index in [0.717, 1.165) is 28.7 Å². The highest BCUT2D eigenvalue weighted by molar-refractivity contribution is 6.00. The zero-order valence-corrected chi connectivity index (χ0v) is 12.7. The normalized spacial score (nSPS) is 17.8. The van der Waals surface area contributed by atoms with Crippen LogP contribution in [0.3, 0.4) is 0 Å². The van der Waals surface area contributed by atoms with E-state index in [1.807, 2.05) is 18.3 Å². The molecule has 3 rings (SSSR count). The van der Waals surface area contributed by atoms with Gasteiger partial charge in [0.05, 0.1) is 0 Å². The average molecular weight is 284 g/mol. The van der Waals surface area contributed by atoms with Crippen molar-refractivity contribution in [3.05, 3.63) is 30.6 Å². The lowest BCUT2D eigenvalue weighted by Crippen LogP contribution is -2.41. The first-order valence-corrected chi connectivity index (χ1v) is 7.86. The third-order valence-corrected chi connectivity index (χ3v) is 4.45. The van der Waals surface area contributed by atoms with Crippen molar-refractivity contribution in [1.29, 1.82) is 0 Å². The van der Waals surface area contributed by atoms with Crippen molar-refractivity contribution in [3.8, 4) is 0 Å². The van der Waals surface area contributed by atoms with Gasteiger partial charge < -0.3 is 11.1 Å². The van der Waals surface area contributed by atoms with Crippen LogP contribution in [-0.2, 0) is 0 Å². The van der Waals surface area contributed by atoms with Crippen LogP contribution in [0.4, 0.5) is 11.4 Å². The van der Waals surface area contributed by atoms with Gasteiger partial charge in [-0.1, -0.05) is 6.42 Å². The third kappa shape index (κ3) is 3.10. The standard InChI is InChI=1S/C17H24N4/c1-13(21-9-3-2-4-10-21)11-20-17-6-5-16(18)14-7-8-19-12-15(14)17/h5-8,12-13,20H,2-4,9-11,18H2,1H3. The maximum absolute atomic E-state index is 6.03. The highest BCUT2D eigenvalue weighted by Crippen LogP contribution is 2.27. The van der Waals surface area contributed by atoms with Gasteiger partial charge in [-0.15, -0.1) is 0 Å². The number of likely N-dealkylation sites (tertiary alicyclic amines) is 1. The number of nitrogen functional groups attached to an aromatic ring is 1. The molecule has 4 nitrogen and oxygen atoms in total. The van der Waals surface area contributed by atoms with E-state index >= 15 is 0 Å². The highest BCUT2D eigenvalue weighted by Gasteiger charge is 2.16. The molecular formula is C17H24N4. The van der Waals surface area contributed by atoms with Crippen molar-refractivity contribution in [2.24, 2.45) is 0 Å². The molecule has 0 aliphatic carbocycles. The second kappa shape index (κ2) is 6.31. The highest BCUT2D eigenvalue weighted by atomic mass is 15.2. The second-order valence-electron chi connectivity index (χ2n) is 5.95. The molecule has 1 aliphatic heterocycles. The van der Waals surface area contributed by atoms with Crippen LogP contribution in [0, 0.1) is 0 Å². The first-order chi connectivity index (χ1) is 10.3. The number of piperidine rings is 1. The smallest absolute Gasteiger partial charge is 0.0437 e. The molecule has 4 heteroatoms. The van der Waals surface area contributed by atoms with E-state index < -0.39 is 0 Å². The topological polar surface area (TPSA) is 54.2 Å². The number of nitrogens with one attached hydrogen (secondary N) is 1. The number of nitrogens with two attached hydrogens (primary N) is 1. The lowest BCUT2D eigenvalue weighted by Gasteiger charge is -2.32. The average Bonchev–Trinajstić information content (AvgIpc) is 2.55. The maximum Gasteiger partial charge on any atom is 0.0437 e. The molecule has 0 amide bonds. The molecule has 0 saturated carbocycles. The van der Waals surface area contributed by atoms with Crippen LogP contribution >= 0.6 is 0 Å². The van der Waals surface area contributed by atoms with Crippen molar-refractivity contribution in [2.45, 2.75) is 32.2 Å². The summed E-state index contributed by atoms with van der Waals surface area (Å²) >= 11 is 0. The summed E-state index contributed by atoms with van der Waals surface area (Å²) in [6.07, 6.45) is 7.72. The van der Waals surface area contributed by atoms with Crippen molar-refractivity contribution >= 4 is 22.1 Å². The fourth-order valence-corrected chi connectivity index (χ4v) is 3.11. The summed E-state index contributed by atoms with van der Waals surface area (Å²) in [6.45, 7) is 5.71. The molecule has 0 spiro atoms. The third-order valence-electron chi connectivity index (χ3n) is 4.45. The van der Waals surface area contributed by atoms with Crippen LogP contribution in [-0.4, -0.2) is 35.6 Å². The summed E-state index contributed by atoms with van der Waals surface area (Å²) in [7, 11) is 0. The molecule has 1 unspecified atom stereocenters. The molecule has 2 heterocycles. The van der Waals surface area contributed by atoms with Crippen LogP contribution in [0.5, 0.6) is 0 Å². The Bertz CT molecular complexity index is 605. The number of aromatic nitrogens is 1. The second-order valence-corrected chi connectivity index (χ2v) is 5.95. The van der Waals surface area contributed by atoms with Gasteiger partial charge in [-0.3, -0.25) is 9.88 Å². The number of hydrogen-bond acceptors (Lipinski definition) is 4. The molecule has 21 heavy (non-hydrogen) atoms. The molecule has 1 aliphatic rings. The van der Waals surface area contributed by atoms with Crippen molar-refractivity contribution < 1.29 is 0 Å². The van der Waals surface area contributed by atoms with E-state index in [-0.39, 0.29) is 0 Å². The number of anilines is 2. The number of nitrogens with zero attached hydrogens (tertiary/aromatic N) is 2. The van der Waals surface area contributed by atoms with Crippen LogP contribution in [0.25, 0.3) is 10.8 Å². The predicted molar refractivity (Wildman–Crippen MR) is 89.5 cm³/mol. The van der Waals surface area contributed by atoms with E-state index in [4.69, 9.17) is 5.73 Å². The number of rotatable bonds is 4. The minimum Gasteiger partial charge on any atom is -0.398 e. The summed E-state index contributed by atoms with van der Waals surface area (Å²) in [5.41, 5.74) is 7.96. The van der Waals surface area contributed by atoms with Crippen LogP contribution in [0.1, 0.15) is 26.2 Å². The molecule has 1 aromatic carbocycles. The Balaban J connectivity index is 1.72. The number of pyridine rings is 1. The van der Waals surface area contributed by atoms with Gasteiger partial charge in [0.1, 0.15) is 0 Å². The Hall–Kier alpha value is -1.81. The molecular weight excluding hydrogens is 260 g/mol. The molecule has 3 N–H and O–H groups in total. The maximum atomic E-state index is 6.03. The quantitative estimate of drug-likeness (QED) is 0.847. The number of hydrogen-bond donors (Lipinski definition) is 2. The van der Waals surface area contributed by atoms with E-state index in [9.17, 15) is 0 Å². The van der Waals surface area contributed by atoms with E-state index in [1.165, 1.54) is 32.4 Å². The Labute approximate surface area is 126 Å². The van der Waals surface area contributed by atoms with Gasteiger partial charge in [0.2, 0.25) is 0 Å². The molecule has 1 aromatic heterocycles. The monoisotopic (exact) mass is 284 g/mol. The minimum atomic E-state index is 0.551. The van der Waals surface area contributed by atoms with Crippen LogP contribution in [0.15, 0.2) is 30.6 Å². The molecule has 112 valence electrons. The molecule has 2 aromatic rings. The van der Waals surface area contributed by atoms with Gasteiger partial charge in [0, 0.05) is 47.1 Å². The Morgan fingerprint density at radius 2 is 2.00 bits per heavy atom. The van der Waals surface area contributed by atoms with Gasteiger partial charge >= 0.3 is 0 Å². The fourth-order valence-electron chi connectivity index (χ4n) is 3.11. The summed E-state index contributed by atoms with van der Waals surface area (Å²) in [6, 6.07) is 6.55. The van der Waals surface area contributed by atoms with Crippen LogP contribution < -0.4 is 11.1 Å². The van der Waals surface area contributed by atoms with Gasteiger partial charge in [0.15, 0.2) is 0 Å². The molecule has 0 bridgehead atoms. The summed E-state index contributed by atoms with van der Waals surface area (Å²) in [5, 5.41) is 5.75. The van der Waals surface area contributed by atoms with Gasteiger partial charge in [-0.25, -0.2) is 0 Å². The molecule has 1 fully saturated rings. The summed E-state index contributed by atoms with van der Waals surface area (Å²) in [5.74, 6) is 0. The fraction of sp³-hybridized carbons (Fsp3) is 0.471. The number of benzene rings is 1. The van der Waals surface area contributed by atoms with Gasteiger partial charge in [-0.2, -0.15) is 0 Å². The van der Waals surface area contributed by atoms with Gasteiger partial charge in [-0.05, 0) is 51.1 Å². The molecule has 1 atom stereocenters. The van der Waals surface area contributed by atoms with E-state index in [1.54, 1.807) is 6.20 Å². The van der Waals surface area contributed by atoms with Gasteiger partial charge in [0.25, 0.3) is 0 Å². The van der Waals surface area contributed by atoms with Crippen molar-refractivity contribution in [2.75, 3.05) is 30.7 Å². The zero-order chi connectivity index (χ0) is 14.7. The largest absolute Gasteiger partial charge is 0.398 e. The summed E-state index contributed by atoms with van der Waals surface area (Å²) < 4.78 is 0. The molecule has 0 radical (unpaired) electrons. The van der Waals surface area contributed by atoms with Crippen LogP contribution in [0.2, 0.25) is 0 Å². The van der Waals surface area contributed by atoms with Crippen molar-refractivity contribution in [1.82, 2.24) is 9.88 Å². The zero-order valence-electron chi connectivity index (χ0n) is 12.7. The first-order valence-electron chi connectivity index (χ1n) is 7.86. The first kappa shape index (κ1) is 14.1. The Morgan fingerprint density at radius 1 is 1.19 bits per heavy atom. The van der Waals surface area contributed by atoms with E-state index in [0.29, 0.717) is 6.04 Å². The lowest BCUT2D eigenvalue weighted by atomic mass is 10.1. The van der Waals surface area contributed by atoms with Crippen molar-refractivity contribution in [3.63, 3.8) is 0 Å².